The third-order valence-corrected chi connectivity index (χ3v) is 3.90. The van der Waals surface area contributed by atoms with Gasteiger partial charge in [-0.3, -0.25) is 4.79 Å². The van der Waals surface area contributed by atoms with Crippen LogP contribution >= 0.6 is 12.2 Å². The maximum absolute atomic E-state index is 12.2. The lowest BCUT2D eigenvalue weighted by Crippen LogP contribution is -2.54. The Kier molecular flexibility index (Phi) is 3.61. The summed E-state index contributed by atoms with van der Waals surface area (Å²) in [6.07, 6.45) is 3.35. The molecule has 1 aliphatic carbocycles. The van der Waals surface area contributed by atoms with Gasteiger partial charge in [-0.15, -0.1) is 0 Å². The van der Waals surface area contributed by atoms with Gasteiger partial charge in [0.2, 0.25) is 0 Å². The van der Waals surface area contributed by atoms with Crippen molar-refractivity contribution >= 4 is 23.1 Å². The summed E-state index contributed by atoms with van der Waals surface area (Å²) in [6.45, 7) is 0. The Morgan fingerprint density at radius 1 is 1.32 bits per heavy atom. The topological polar surface area (TPSA) is 95.6 Å². The Hall–Kier alpha value is -1.82. The van der Waals surface area contributed by atoms with Gasteiger partial charge >= 0.3 is 0 Å². The molecule has 1 amide bonds. The molecule has 0 heterocycles. The Bertz CT molecular complexity index is 525. The van der Waals surface area contributed by atoms with Crippen molar-refractivity contribution in [3.8, 4) is 11.5 Å². The number of hydrogen-bond acceptors (Lipinski definition) is 4. The summed E-state index contributed by atoms with van der Waals surface area (Å²) in [5.41, 5.74) is 5.18. The van der Waals surface area contributed by atoms with E-state index in [0.717, 1.165) is 18.9 Å². The first-order valence-corrected chi connectivity index (χ1v) is 6.50. The van der Waals surface area contributed by atoms with Gasteiger partial charge < -0.3 is 21.3 Å². The number of phenols is 2. The number of rotatable bonds is 3. The van der Waals surface area contributed by atoms with E-state index in [4.69, 9.17) is 18.0 Å². The standard InChI is InChI=1S/C13H16N2O3S/c14-12(19)13(5-1-2-6-13)15-11(18)9-4-3-8(16)7-10(9)17/h3-4,7,16-17H,1-2,5-6H2,(H2,14,19)(H,15,18). The van der Waals surface area contributed by atoms with Crippen molar-refractivity contribution in [2.24, 2.45) is 5.73 Å². The first-order valence-electron chi connectivity index (χ1n) is 6.09. The SMILES string of the molecule is NC(=S)C1(NC(=O)c2ccc(O)cc2O)CCCC1. The highest BCUT2D eigenvalue weighted by molar-refractivity contribution is 7.80. The minimum atomic E-state index is -0.656. The molecule has 0 unspecified atom stereocenters. The summed E-state index contributed by atoms with van der Waals surface area (Å²) in [5.74, 6) is -0.806. The third kappa shape index (κ3) is 2.63. The first kappa shape index (κ1) is 13.6. The zero-order valence-electron chi connectivity index (χ0n) is 10.3. The fourth-order valence-corrected chi connectivity index (χ4v) is 2.66. The van der Waals surface area contributed by atoms with Crippen LogP contribution in [0.3, 0.4) is 0 Å². The van der Waals surface area contributed by atoms with Crippen molar-refractivity contribution in [1.82, 2.24) is 5.32 Å². The molecule has 0 saturated heterocycles. The number of thiocarbonyl (C=S) groups is 1. The van der Waals surface area contributed by atoms with Crippen molar-refractivity contribution in [2.75, 3.05) is 0 Å². The largest absolute Gasteiger partial charge is 0.508 e. The van der Waals surface area contributed by atoms with E-state index in [2.05, 4.69) is 5.32 Å². The van der Waals surface area contributed by atoms with E-state index in [9.17, 15) is 15.0 Å². The predicted octanol–water partition coefficient (Wildman–Crippen LogP) is 1.43. The summed E-state index contributed by atoms with van der Waals surface area (Å²) in [7, 11) is 0. The van der Waals surface area contributed by atoms with Crippen LogP contribution in [0.15, 0.2) is 18.2 Å². The normalized spacial score (nSPS) is 17.1. The number of carbonyl (C=O) groups is 1. The number of phenolic OH excluding ortho intramolecular Hbond substituents is 2. The van der Waals surface area contributed by atoms with Crippen LogP contribution in [0, 0.1) is 0 Å². The molecular weight excluding hydrogens is 264 g/mol. The maximum atomic E-state index is 12.2. The average molecular weight is 280 g/mol. The smallest absolute Gasteiger partial charge is 0.255 e. The van der Waals surface area contributed by atoms with E-state index < -0.39 is 11.4 Å². The fourth-order valence-electron chi connectivity index (χ4n) is 2.41. The summed E-state index contributed by atoms with van der Waals surface area (Å²) in [4.78, 5) is 12.4. The second-order valence-electron chi connectivity index (χ2n) is 4.81. The van der Waals surface area contributed by atoms with Crippen LogP contribution < -0.4 is 11.1 Å². The van der Waals surface area contributed by atoms with Crippen molar-refractivity contribution in [3.05, 3.63) is 23.8 Å². The lowest BCUT2D eigenvalue weighted by Gasteiger charge is -2.29. The summed E-state index contributed by atoms with van der Waals surface area (Å²) >= 11 is 5.05. The highest BCUT2D eigenvalue weighted by Gasteiger charge is 2.38. The fraction of sp³-hybridized carbons (Fsp3) is 0.385. The second-order valence-corrected chi connectivity index (χ2v) is 5.25. The van der Waals surface area contributed by atoms with E-state index in [1.807, 2.05) is 0 Å². The lowest BCUT2D eigenvalue weighted by atomic mass is 9.97. The van der Waals surface area contributed by atoms with Crippen LogP contribution in [-0.2, 0) is 0 Å². The molecule has 1 aliphatic rings. The number of nitrogens with one attached hydrogen (secondary N) is 1. The van der Waals surface area contributed by atoms with Crippen LogP contribution in [0.25, 0.3) is 0 Å². The molecule has 0 atom stereocenters. The predicted molar refractivity (Wildman–Crippen MR) is 75.2 cm³/mol. The molecule has 5 nitrogen and oxygen atoms in total. The summed E-state index contributed by atoms with van der Waals surface area (Å²) in [5, 5.41) is 21.7. The van der Waals surface area contributed by atoms with Crippen molar-refractivity contribution in [2.45, 2.75) is 31.2 Å². The lowest BCUT2D eigenvalue weighted by molar-refractivity contribution is 0.0922. The summed E-state index contributed by atoms with van der Waals surface area (Å²) < 4.78 is 0. The Balaban J connectivity index is 2.22. The highest BCUT2D eigenvalue weighted by atomic mass is 32.1. The van der Waals surface area contributed by atoms with Gasteiger partial charge in [-0.1, -0.05) is 25.1 Å². The molecule has 0 aromatic heterocycles. The number of hydrogen-bond donors (Lipinski definition) is 4. The van der Waals surface area contributed by atoms with E-state index in [0.29, 0.717) is 12.8 Å². The molecular formula is C13H16N2O3S. The van der Waals surface area contributed by atoms with Crippen LogP contribution in [0.5, 0.6) is 11.5 Å². The average Bonchev–Trinajstić information content (AvgIpc) is 2.78. The molecule has 2 rings (SSSR count). The quantitative estimate of drug-likeness (QED) is 0.628. The van der Waals surface area contributed by atoms with Crippen molar-refractivity contribution in [3.63, 3.8) is 0 Å². The second kappa shape index (κ2) is 5.05. The van der Waals surface area contributed by atoms with Crippen LogP contribution in [0.4, 0.5) is 0 Å². The molecule has 0 radical (unpaired) electrons. The van der Waals surface area contributed by atoms with Gasteiger partial charge in [0.15, 0.2) is 0 Å². The van der Waals surface area contributed by atoms with E-state index in [1.165, 1.54) is 12.1 Å². The first-order chi connectivity index (χ1) is 8.94. The minimum Gasteiger partial charge on any atom is -0.508 e. The van der Waals surface area contributed by atoms with Crippen LogP contribution in [-0.4, -0.2) is 26.6 Å². The van der Waals surface area contributed by atoms with Crippen LogP contribution in [0.1, 0.15) is 36.0 Å². The van der Waals surface area contributed by atoms with Crippen molar-refractivity contribution < 1.29 is 15.0 Å². The Labute approximate surface area is 116 Å². The third-order valence-electron chi connectivity index (χ3n) is 3.51. The number of carbonyl (C=O) groups excluding carboxylic acids is 1. The van der Waals surface area contributed by atoms with Crippen LogP contribution in [0.2, 0.25) is 0 Å². The number of aromatic hydroxyl groups is 2. The highest BCUT2D eigenvalue weighted by Crippen LogP contribution is 2.31. The molecule has 1 saturated carbocycles. The van der Waals surface area contributed by atoms with Gasteiger partial charge in [0, 0.05) is 6.07 Å². The van der Waals surface area contributed by atoms with Gasteiger partial charge in [0.25, 0.3) is 5.91 Å². The summed E-state index contributed by atoms with van der Waals surface area (Å²) in [6, 6.07) is 3.83. The number of amides is 1. The molecule has 19 heavy (non-hydrogen) atoms. The van der Waals surface area contributed by atoms with E-state index >= 15 is 0 Å². The Morgan fingerprint density at radius 2 is 1.95 bits per heavy atom. The molecule has 0 aliphatic heterocycles. The van der Waals surface area contributed by atoms with E-state index in [1.54, 1.807) is 0 Å². The molecule has 0 bridgehead atoms. The van der Waals surface area contributed by atoms with Gasteiger partial charge in [-0.25, -0.2) is 0 Å². The Morgan fingerprint density at radius 3 is 2.47 bits per heavy atom. The molecule has 102 valence electrons. The molecule has 0 spiro atoms. The molecule has 6 heteroatoms. The minimum absolute atomic E-state index is 0.0975. The van der Waals surface area contributed by atoms with Crippen molar-refractivity contribution in [1.29, 1.82) is 0 Å². The molecule has 1 aromatic carbocycles. The van der Waals surface area contributed by atoms with Gasteiger partial charge in [0.05, 0.1) is 16.1 Å². The van der Waals surface area contributed by atoms with Gasteiger partial charge in [-0.2, -0.15) is 0 Å². The molecule has 5 N–H and O–H groups in total. The molecule has 1 aromatic rings. The zero-order chi connectivity index (χ0) is 14.0. The maximum Gasteiger partial charge on any atom is 0.255 e. The van der Waals surface area contributed by atoms with Gasteiger partial charge in [-0.05, 0) is 25.0 Å². The van der Waals surface area contributed by atoms with E-state index in [-0.39, 0.29) is 22.1 Å². The zero-order valence-corrected chi connectivity index (χ0v) is 11.2. The number of benzene rings is 1. The number of nitrogens with two attached hydrogens (primary N) is 1. The van der Waals surface area contributed by atoms with Gasteiger partial charge in [0.1, 0.15) is 11.5 Å². The monoisotopic (exact) mass is 280 g/mol. The molecule has 1 fully saturated rings.